The molecule has 0 spiro atoms. The molecule has 6 nitrogen and oxygen atoms in total. The Balaban J connectivity index is 1.74. The number of hydrogen-bond acceptors (Lipinski definition) is 4. The van der Waals surface area contributed by atoms with E-state index in [1.165, 1.54) is 30.2 Å². The summed E-state index contributed by atoms with van der Waals surface area (Å²) >= 11 is 0. The van der Waals surface area contributed by atoms with Crippen molar-refractivity contribution in [3.63, 3.8) is 0 Å². The van der Waals surface area contributed by atoms with Crippen molar-refractivity contribution in [1.29, 1.82) is 0 Å². The zero-order valence-electron chi connectivity index (χ0n) is 14.5. The fourth-order valence-electron chi connectivity index (χ4n) is 2.94. The Bertz CT molecular complexity index is 853. The van der Waals surface area contributed by atoms with Crippen LogP contribution < -0.4 is 14.8 Å². The summed E-state index contributed by atoms with van der Waals surface area (Å²) in [5.74, 6) is -0.957. The number of carbonyl (C=O) groups is 2. The summed E-state index contributed by atoms with van der Waals surface area (Å²) in [6.45, 7) is 0.672. The number of fused-ring (bicyclic) bond motifs is 1. The summed E-state index contributed by atoms with van der Waals surface area (Å²) in [4.78, 5) is 26.1. The van der Waals surface area contributed by atoms with Crippen molar-refractivity contribution in [2.24, 2.45) is 0 Å². The van der Waals surface area contributed by atoms with Crippen LogP contribution in [0.4, 0.5) is 10.1 Å². The Morgan fingerprint density at radius 3 is 2.38 bits per heavy atom. The normalized spacial score (nSPS) is 13.0. The van der Waals surface area contributed by atoms with Crippen LogP contribution in [0.15, 0.2) is 36.4 Å². The van der Waals surface area contributed by atoms with Gasteiger partial charge in [0.25, 0.3) is 0 Å². The molecular formula is C19H19FN2O4. The van der Waals surface area contributed by atoms with Crippen molar-refractivity contribution in [2.75, 3.05) is 26.1 Å². The third kappa shape index (κ3) is 3.46. The van der Waals surface area contributed by atoms with Crippen molar-refractivity contribution in [1.82, 2.24) is 4.90 Å². The number of nitrogens with zero attached hydrogens (tertiary/aromatic N) is 1. The van der Waals surface area contributed by atoms with Crippen molar-refractivity contribution >= 4 is 17.5 Å². The van der Waals surface area contributed by atoms with Crippen LogP contribution in [0.3, 0.4) is 0 Å². The Kier molecular flexibility index (Phi) is 5.06. The van der Waals surface area contributed by atoms with Gasteiger partial charge in [0.05, 0.1) is 19.9 Å². The molecule has 0 unspecified atom stereocenters. The Morgan fingerprint density at radius 1 is 1.08 bits per heavy atom. The minimum Gasteiger partial charge on any atom is -0.493 e. The molecule has 1 aliphatic heterocycles. The van der Waals surface area contributed by atoms with Gasteiger partial charge >= 0.3 is 11.8 Å². The number of para-hydroxylation sites is 1. The van der Waals surface area contributed by atoms with Gasteiger partial charge in [-0.25, -0.2) is 4.39 Å². The molecule has 136 valence electrons. The topological polar surface area (TPSA) is 67.9 Å². The summed E-state index contributed by atoms with van der Waals surface area (Å²) in [7, 11) is 3.10. The average Bonchev–Trinajstić information content (AvgIpc) is 2.67. The van der Waals surface area contributed by atoms with Crippen LogP contribution in [0.5, 0.6) is 11.5 Å². The summed E-state index contributed by atoms with van der Waals surface area (Å²) in [6, 6.07) is 9.41. The number of benzene rings is 2. The predicted molar refractivity (Wildman–Crippen MR) is 93.7 cm³/mol. The van der Waals surface area contributed by atoms with Crippen LogP contribution in [0.2, 0.25) is 0 Å². The van der Waals surface area contributed by atoms with E-state index >= 15 is 0 Å². The largest absolute Gasteiger partial charge is 0.493 e. The molecule has 0 aliphatic carbocycles. The Labute approximate surface area is 150 Å². The van der Waals surface area contributed by atoms with Crippen molar-refractivity contribution in [3.05, 3.63) is 53.3 Å². The Morgan fingerprint density at radius 2 is 1.73 bits per heavy atom. The zero-order chi connectivity index (χ0) is 18.7. The molecule has 1 aliphatic rings. The highest BCUT2D eigenvalue weighted by Crippen LogP contribution is 2.33. The fourth-order valence-corrected chi connectivity index (χ4v) is 2.94. The molecule has 2 aromatic rings. The quantitative estimate of drug-likeness (QED) is 0.856. The first kappa shape index (κ1) is 17.7. The number of rotatable bonds is 3. The lowest BCUT2D eigenvalue weighted by Gasteiger charge is -2.29. The molecule has 0 saturated heterocycles. The van der Waals surface area contributed by atoms with Gasteiger partial charge in [-0.1, -0.05) is 12.1 Å². The van der Waals surface area contributed by atoms with Gasteiger partial charge in [0.2, 0.25) is 0 Å². The fraction of sp³-hybridized carbons (Fsp3) is 0.263. The van der Waals surface area contributed by atoms with Gasteiger partial charge in [0.15, 0.2) is 11.5 Å². The number of nitrogens with one attached hydrogen (secondary N) is 1. The van der Waals surface area contributed by atoms with E-state index in [1.54, 1.807) is 13.2 Å². The highest BCUT2D eigenvalue weighted by molar-refractivity contribution is 6.39. The number of methoxy groups -OCH3 is 2. The maximum atomic E-state index is 13.6. The molecule has 0 atom stereocenters. The molecule has 26 heavy (non-hydrogen) atoms. The maximum absolute atomic E-state index is 13.6. The van der Waals surface area contributed by atoms with Gasteiger partial charge in [0, 0.05) is 13.1 Å². The van der Waals surface area contributed by atoms with E-state index in [0.717, 1.165) is 11.1 Å². The number of anilines is 1. The lowest BCUT2D eigenvalue weighted by molar-refractivity contribution is -0.143. The molecule has 0 radical (unpaired) electrons. The first-order chi connectivity index (χ1) is 12.5. The number of hydrogen-bond donors (Lipinski definition) is 1. The molecular weight excluding hydrogens is 339 g/mol. The molecule has 0 saturated carbocycles. The van der Waals surface area contributed by atoms with Gasteiger partial charge in [-0.05, 0) is 41.8 Å². The molecule has 2 amide bonds. The smallest absolute Gasteiger partial charge is 0.313 e. The summed E-state index contributed by atoms with van der Waals surface area (Å²) in [6.07, 6.45) is 0.592. The standard InChI is InChI=1S/C19H19FN2O4/c1-25-16-9-12-7-8-22(11-13(12)10-17(16)26-2)19(24)18(23)21-15-6-4-3-5-14(15)20/h3-6,9-10H,7-8,11H2,1-2H3,(H,21,23). The van der Waals surface area contributed by atoms with E-state index in [9.17, 15) is 14.0 Å². The molecule has 3 rings (SSSR count). The highest BCUT2D eigenvalue weighted by atomic mass is 19.1. The van der Waals surface area contributed by atoms with Crippen molar-refractivity contribution < 1.29 is 23.5 Å². The summed E-state index contributed by atoms with van der Waals surface area (Å²) in [5, 5.41) is 2.32. The summed E-state index contributed by atoms with van der Waals surface area (Å²) < 4.78 is 24.2. The van der Waals surface area contributed by atoms with E-state index in [1.807, 2.05) is 12.1 Å². The molecule has 7 heteroatoms. The Hall–Kier alpha value is -3.09. The second-order valence-electron chi connectivity index (χ2n) is 5.89. The summed E-state index contributed by atoms with van der Waals surface area (Å²) in [5.41, 5.74) is 1.91. The lowest BCUT2D eigenvalue weighted by Crippen LogP contribution is -2.42. The molecule has 0 aromatic heterocycles. The van der Waals surface area contributed by atoms with Crippen LogP contribution in [0.25, 0.3) is 0 Å². The SMILES string of the molecule is COc1cc2c(cc1OC)CN(C(=O)C(=O)Nc1ccccc1F)CC2. The first-order valence-electron chi connectivity index (χ1n) is 8.12. The molecule has 0 fully saturated rings. The van der Waals surface area contributed by atoms with Gasteiger partial charge in [-0.3, -0.25) is 9.59 Å². The number of ether oxygens (including phenoxy) is 2. The van der Waals surface area contributed by atoms with E-state index in [4.69, 9.17) is 9.47 Å². The number of amides is 2. The number of carbonyl (C=O) groups excluding carboxylic acids is 2. The lowest BCUT2D eigenvalue weighted by atomic mass is 9.98. The maximum Gasteiger partial charge on any atom is 0.313 e. The second-order valence-corrected chi connectivity index (χ2v) is 5.89. The van der Waals surface area contributed by atoms with Gasteiger partial charge in [-0.15, -0.1) is 0 Å². The first-order valence-corrected chi connectivity index (χ1v) is 8.12. The van der Waals surface area contributed by atoms with Gasteiger partial charge in [0.1, 0.15) is 5.82 Å². The third-order valence-electron chi connectivity index (χ3n) is 4.32. The van der Waals surface area contributed by atoms with E-state index in [2.05, 4.69) is 5.32 Å². The average molecular weight is 358 g/mol. The van der Waals surface area contributed by atoms with Gasteiger partial charge in [-0.2, -0.15) is 0 Å². The monoisotopic (exact) mass is 358 g/mol. The minimum atomic E-state index is -0.862. The van der Waals surface area contributed by atoms with Crippen molar-refractivity contribution in [2.45, 2.75) is 13.0 Å². The number of halogens is 1. The molecule has 0 bridgehead atoms. The van der Waals surface area contributed by atoms with Crippen LogP contribution in [0.1, 0.15) is 11.1 Å². The van der Waals surface area contributed by atoms with Gasteiger partial charge < -0.3 is 19.7 Å². The molecule has 1 N–H and O–H groups in total. The van der Waals surface area contributed by atoms with Crippen LogP contribution >= 0.6 is 0 Å². The van der Waals surface area contributed by atoms with E-state index < -0.39 is 17.6 Å². The van der Waals surface area contributed by atoms with Crippen LogP contribution in [0, 0.1) is 5.82 Å². The second kappa shape index (κ2) is 7.43. The minimum absolute atomic E-state index is 0.0188. The zero-order valence-corrected chi connectivity index (χ0v) is 14.5. The van der Waals surface area contributed by atoms with Crippen LogP contribution in [-0.4, -0.2) is 37.5 Å². The van der Waals surface area contributed by atoms with Crippen molar-refractivity contribution in [3.8, 4) is 11.5 Å². The van der Waals surface area contributed by atoms with Crippen LogP contribution in [-0.2, 0) is 22.6 Å². The molecule has 2 aromatic carbocycles. The third-order valence-corrected chi connectivity index (χ3v) is 4.32. The molecule has 1 heterocycles. The predicted octanol–water partition coefficient (Wildman–Crippen LogP) is 2.37. The van der Waals surface area contributed by atoms with E-state index in [0.29, 0.717) is 24.5 Å². The van der Waals surface area contributed by atoms with E-state index in [-0.39, 0.29) is 12.2 Å². The highest BCUT2D eigenvalue weighted by Gasteiger charge is 2.27.